The summed E-state index contributed by atoms with van der Waals surface area (Å²) in [4.78, 5) is 6.05. The molecule has 1 aromatic carbocycles. The van der Waals surface area contributed by atoms with Crippen molar-refractivity contribution in [2.24, 2.45) is 17.3 Å². The maximum absolute atomic E-state index is 13.5. The Morgan fingerprint density at radius 3 is 2.72 bits per heavy atom. The molecule has 216 valence electrons. The van der Waals surface area contributed by atoms with E-state index in [1.54, 1.807) is 19.9 Å². The van der Waals surface area contributed by atoms with Crippen LogP contribution in [0.25, 0.3) is 10.9 Å². The highest BCUT2D eigenvalue weighted by atomic mass is 19.4. The number of aliphatic hydroxyl groups is 1. The number of nitrogens with one attached hydrogen (secondary N) is 2. The van der Waals surface area contributed by atoms with E-state index in [0.717, 1.165) is 93.7 Å². The summed E-state index contributed by atoms with van der Waals surface area (Å²) in [6, 6.07) is 4.13. The first kappa shape index (κ1) is 28.7. The van der Waals surface area contributed by atoms with Gasteiger partial charge in [-0.1, -0.05) is 19.1 Å². The van der Waals surface area contributed by atoms with Gasteiger partial charge in [0.25, 0.3) is 0 Å². The number of aromatic nitrogens is 1. The molecule has 0 saturated carbocycles. The maximum atomic E-state index is 13.5. The van der Waals surface area contributed by atoms with Gasteiger partial charge in [0.2, 0.25) is 0 Å². The zero-order valence-corrected chi connectivity index (χ0v) is 23.5. The van der Waals surface area contributed by atoms with Gasteiger partial charge in [0.15, 0.2) is 0 Å². The molecule has 3 atom stereocenters. The highest BCUT2D eigenvalue weighted by molar-refractivity contribution is 5.86. The molecule has 2 saturated heterocycles. The molecular formula is C31H44F3N3O2. The molecule has 5 nitrogen and oxygen atoms in total. The molecule has 8 heteroatoms. The fraction of sp³-hybridized carbons (Fsp3) is 0.677. The number of alkyl halides is 3. The Morgan fingerprint density at radius 2 is 2.00 bits per heavy atom. The lowest BCUT2D eigenvalue weighted by Crippen LogP contribution is -2.46. The van der Waals surface area contributed by atoms with Gasteiger partial charge in [-0.25, -0.2) is 0 Å². The molecule has 3 N–H and O–H groups in total. The van der Waals surface area contributed by atoms with Gasteiger partial charge in [0, 0.05) is 49.4 Å². The molecule has 2 fully saturated rings. The summed E-state index contributed by atoms with van der Waals surface area (Å²) < 4.78 is 46.1. The van der Waals surface area contributed by atoms with Gasteiger partial charge in [0.1, 0.15) is 0 Å². The summed E-state index contributed by atoms with van der Waals surface area (Å²) >= 11 is 0. The van der Waals surface area contributed by atoms with Crippen LogP contribution >= 0.6 is 0 Å². The van der Waals surface area contributed by atoms with E-state index >= 15 is 0 Å². The first-order chi connectivity index (χ1) is 18.4. The Balaban J connectivity index is 1.25. The van der Waals surface area contributed by atoms with Crippen LogP contribution in [-0.2, 0) is 17.3 Å². The standard InChI is InChI=1S/C31H44F3N3O2/c1-21-25-19-37(14-9-30(10-15-39-16-11-30)8-4-12-35-20-29(2,3)38)13-7-22(25)17-27-28(21)24-18-23(31(32,33)34)5-6-26(24)36-27/h4-6,8,18,21-22,25,35-36,38H,7,9-17,19-20H2,1-3H3/t21-,22-,25-/m1/s1. The fourth-order valence-corrected chi connectivity index (χ4v) is 7.16. The molecule has 2 aliphatic heterocycles. The van der Waals surface area contributed by atoms with Crippen LogP contribution < -0.4 is 5.32 Å². The number of piperidine rings is 1. The minimum Gasteiger partial charge on any atom is -0.389 e. The van der Waals surface area contributed by atoms with Crippen LogP contribution in [-0.4, -0.2) is 66.5 Å². The molecule has 0 unspecified atom stereocenters. The van der Waals surface area contributed by atoms with Crippen LogP contribution in [0.4, 0.5) is 13.2 Å². The average Bonchev–Trinajstić information content (AvgIpc) is 3.25. The van der Waals surface area contributed by atoms with Crippen molar-refractivity contribution in [3.8, 4) is 0 Å². The monoisotopic (exact) mass is 547 g/mol. The summed E-state index contributed by atoms with van der Waals surface area (Å²) in [6.45, 7) is 11.8. The van der Waals surface area contributed by atoms with E-state index in [1.807, 2.05) is 0 Å². The first-order valence-corrected chi connectivity index (χ1v) is 14.6. The van der Waals surface area contributed by atoms with E-state index in [1.165, 1.54) is 12.1 Å². The third kappa shape index (κ3) is 6.55. The Labute approximate surface area is 230 Å². The predicted octanol–water partition coefficient (Wildman–Crippen LogP) is 5.89. The van der Waals surface area contributed by atoms with Gasteiger partial charge in [-0.3, -0.25) is 0 Å². The molecule has 1 aliphatic carbocycles. The van der Waals surface area contributed by atoms with Gasteiger partial charge in [-0.2, -0.15) is 13.2 Å². The number of fused-ring (bicyclic) bond motifs is 4. The zero-order valence-electron chi connectivity index (χ0n) is 23.5. The predicted molar refractivity (Wildman–Crippen MR) is 149 cm³/mol. The van der Waals surface area contributed by atoms with Crippen molar-refractivity contribution in [3.05, 3.63) is 47.2 Å². The molecule has 39 heavy (non-hydrogen) atoms. The van der Waals surface area contributed by atoms with E-state index in [0.29, 0.717) is 18.4 Å². The second-order valence-electron chi connectivity index (χ2n) is 12.9. The van der Waals surface area contributed by atoms with E-state index in [2.05, 4.69) is 34.3 Å². The Hall–Kier alpha value is -1.87. The highest BCUT2D eigenvalue weighted by Gasteiger charge is 2.41. The molecule has 0 amide bonds. The lowest BCUT2D eigenvalue weighted by molar-refractivity contribution is -0.137. The van der Waals surface area contributed by atoms with E-state index < -0.39 is 17.3 Å². The van der Waals surface area contributed by atoms with Crippen molar-refractivity contribution in [1.29, 1.82) is 0 Å². The van der Waals surface area contributed by atoms with Gasteiger partial charge >= 0.3 is 6.18 Å². The van der Waals surface area contributed by atoms with Crippen molar-refractivity contribution in [2.75, 3.05) is 45.9 Å². The summed E-state index contributed by atoms with van der Waals surface area (Å²) in [6.07, 6.45) is 5.43. The number of rotatable bonds is 8. The van der Waals surface area contributed by atoms with Crippen molar-refractivity contribution in [3.63, 3.8) is 0 Å². The first-order valence-electron chi connectivity index (χ1n) is 14.6. The molecule has 5 rings (SSSR count). The smallest absolute Gasteiger partial charge is 0.389 e. The molecule has 0 spiro atoms. The topological polar surface area (TPSA) is 60.5 Å². The van der Waals surface area contributed by atoms with Crippen LogP contribution in [0.1, 0.15) is 69.2 Å². The highest BCUT2D eigenvalue weighted by Crippen LogP contribution is 2.47. The van der Waals surface area contributed by atoms with Crippen LogP contribution in [0.2, 0.25) is 0 Å². The normalized spacial score (nSPS) is 26.2. The quantitative estimate of drug-likeness (QED) is 0.285. The molecule has 0 radical (unpaired) electrons. The number of allylic oxidation sites excluding steroid dienone is 1. The molecule has 1 aromatic heterocycles. The number of aromatic amines is 1. The third-order valence-corrected chi connectivity index (χ3v) is 9.41. The number of hydrogen-bond acceptors (Lipinski definition) is 4. The SMILES string of the molecule is C[C@H]1c2c([nH]c3ccc(C(F)(F)F)cc23)C[C@H]2CCN(CCC3(C=CCNCC(C)(C)O)CCOCC3)C[C@@H]21. The van der Waals surface area contributed by atoms with Crippen LogP contribution in [0.15, 0.2) is 30.4 Å². The summed E-state index contributed by atoms with van der Waals surface area (Å²) in [7, 11) is 0. The number of hydrogen-bond donors (Lipinski definition) is 3. The Kier molecular flexibility index (Phi) is 8.22. The van der Waals surface area contributed by atoms with Crippen molar-refractivity contribution in [1.82, 2.24) is 15.2 Å². The third-order valence-electron chi connectivity index (χ3n) is 9.41. The molecular weight excluding hydrogens is 503 g/mol. The van der Waals surface area contributed by atoms with Gasteiger partial charge < -0.3 is 25.0 Å². The number of likely N-dealkylation sites (tertiary alicyclic amines) is 1. The lowest BCUT2D eigenvalue weighted by Gasteiger charge is -2.45. The minimum atomic E-state index is -4.33. The van der Waals surface area contributed by atoms with Gasteiger partial charge in [-0.15, -0.1) is 0 Å². The Bertz CT molecular complexity index is 1160. The van der Waals surface area contributed by atoms with E-state index in [4.69, 9.17) is 4.74 Å². The second-order valence-corrected chi connectivity index (χ2v) is 12.9. The number of ether oxygens (including phenoxy) is 1. The molecule has 2 aromatic rings. The van der Waals surface area contributed by atoms with Gasteiger partial charge in [0.05, 0.1) is 11.2 Å². The minimum absolute atomic E-state index is 0.127. The second kappa shape index (κ2) is 11.2. The average molecular weight is 548 g/mol. The van der Waals surface area contributed by atoms with Crippen LogP contribution in [0.5, 0.6) is 0 Å². The van der Waals surface area contributed by atoms with Gasteiger partial charge in [-0.05, 0) is 106 Å². The zero-order chi connectivity index (χ0) is 27.8. The molecule has 0 bridgehead atoms. The largest absolute Gasteiger partial charge is 0.416 e. The number of halogens is 3. The van der Waals surface area contributed by atoms with Crippen LogP contribution in [0, 0.1) is 17.3 Å². The van der Waals surface area contributed by atoms with Crippen molar-refractivity contribution >= 4 is 10.9 Å². The molecule has 3 aliphatic rings. The van der Waals surface area contributed by atoms with E-state index in [9.17, 15) is 18.3 Å². The maximum Gasteiger partial charge on any atom is 0.416 e. The lowest BCUT2D eigenvalue weighted by atomic mass is 9.68. The number of benzene rings is 1. The van der Waals surface area contributed by atoms with Crippen molar-refractivity contribution in [2.45, 2.75) is 70.6 Å². The fourth-order valence-electron chi connectivity index (χ4n) is 7.16. The number of H-pyrrole nitrogens is 1. The Morgan fingerprint density at radius 1 is 1.23 bits per heavy atom. The molecule has 3 heterocycles. The van der Waals surface area contributed by atoms with E-state index in [-0.39, 0.29) is 11.3 Å². The summed E-state index contributed by atoms with van der Waals surface area (Å²) in [5, 5.41) is 14.0. The van der Waals surface area contributed by atoms with Crippen molar-refractivity contribution < 1.29 is 23.0 Å². The van der Waals surface area contributed by atoms with Crippen LogP contribution in [0.3, 0.4) is 0 Å². The number of nitrogens with zero attached hydrogens (tertiary/aromatic N) is 1. The summed E-state index contributed by atoms with van der Waals surface area (Å²) in [5.74, 6) is 1.24. The summed E-state index contributed by atoms with van der Waals surface area (Å²) in [5.41, 5.74) is 1.89.